The number of rotatable bonds is 3. The van der Waals surface area contributed by atoms with Gasteiger partial charge in [0.1, 0.15) is 11.4 Å². The van der Waals surface area contributed by atoms with Crippen LogP contribution in [0, 0.1) is 18.3 Å². The molecule has 4 aromatic rings. The van der Waals surface area contributed by atoms with Gasteiger partial charge in [-0.1, -0.05) is 0 Å². The monoisotopic (exact) mass is 478 g/mol. The molecule has 5 heterocycles. The van der Waals surface area contributed by atoms with Crippen molar-refractivity contribution in [1.82, 2.24) is 19.9 Å². The average Bonchev–Trinajstić information content (AvgIpc) is 3.54. The van der Waals surface area contributed by atoms with Crippen LogP contribution in [0.2, 0.25) is 0 Å². The lowest BCUT2D eigenvalue weighted by atomic mass is 9.86. The lowest BCUT2D eigenvalue weighted by molar-refractivity contribution is -0.131. The summed E-state index contributed by atoms with van der Waals surface area (Å²) in [5.74, 6) is 1.16. The standard InChI is InChI=1S/C28H26N6O2/c1-17(22-14-24-19(5-11-36-24)12-21(22)15-29)27(35)34-10-7-28(16-34)6-4-20-13-23(18(2)32-25(20)33-28)26-30-8-3-9-31-26/h3,5,8-9,11-14,17H,4,6-7,10,16H2,1-2H3,(H,32,33)/t17?,28-/m0/s1. The second kappa shape index (κ2) is 8.45. The number of nitriles is 1. The summed E-state index contributed by atoms with van der Waals surface area (Å²) >= 11 is 0. The highest BCUT2D eigenvalue weighted by atomic mass is 16.3. The van der Waals surface area contributed by atoms with Crippen LogP contribution < -0.4 is 5.32 Å². The first-order valence-electron chi connectivity index (χ1n) is 12.2. The van der Waals surface area contributed by atoms with Gasteiger partial charge in [-0.25, -0.2) is 15.0 Å². The fourth-order valence-electron chi connectivity index (χ4n) is 5.55. The molecule has 1 saturated heterocycles. The Morgan fingerprint density at radius 3 is 2.89 bits per heavy atom. The molecule has 1 amide bonds. The van der Waals surface area contributed by atoms with Gasteiger partial charge in [-0.05, 0) is 74.6 Å². The summed E-state index contributed by atoms with van der Waals surface area (Å²) in [6.07, 6.45) is 7.74. The van der Waals surface area contributed by atoms with Crippen LogP contribution in [0.4, 0.5) is 5.82 Å². The number of nitrogens with one attached hydrogen (secondary N) is 1. The minimum Gasteiger partial charge on any atom is -0.464 e. The highest BCUT2D eigenvalue weighted by Crippen LogP contribution is 2.39. The van der Waals surface area contributed by atoms with Crippen molar-refractivity contribution in [2.45, 2.75) is 44.6 Å². The number of hydrogen-bond donors (Lipinski definition) is 1. The van der Waals surface area contributed by atoms with E-state index in [0.717, 1.165) is 47.3 Å². The van der Waals surface area contributed by atoms with Crippen molar-refractivity contribution in [3.63, 3.8) is 0 Å². The lowest BCUT2D eigenvalue weighted by Gasteiger charge is -2.36. The molecule has 1 fully saturated rings. The Bertz CT molecular complexity index is 1520. The fourth-order valence-corrected chi connectivity index (χ4v) is 5.55. The maximum Gasteiger partial charge on any atom is 0.229 e. The van der Waals surface area contributed by atoms with E-state index in [1.807, 2.05) is 30.9 Å². The molecule has 1 spiro atoms. The van der Waals surface area contributed by atoms with Crippen molar-refractivity contribution >= 4 is 22.7 Å². The highest BCUT2D eigenvalue weighted by molar-refractivity contribution is 5.88. The number of nitrogens with zero attached hydrogens (tertiary/aromatic N) is 5. The quantitative estimate of drug-likeness (QED) is 0.458. The summed E-state index contributed by atoms with van der Waals surface area (Å²) in [4.78, 5) is 29.1. The van der Waals surface area contributed by atoms with Gasteiger partial charge in [-0.3, -0.25) is 4.79 Å². The number of fused-ring (bicyclic) bond motifs is 2. The van der Waals surface area contributed by atoms with E-state index >= 15 is 0 Å². The molecule has 8 nitrogen and oxygen atoms in total. The summed E-state index contributed by atoms with van der Waals surface area (Å²) < 4.78 is 5.52. The van der Waals surface area contributed by atoms with Crippen molar-refractivity contribution in [3.8, 4) is 17.5 Å². The van der Waals surface area contributed by atoms with E-state index in [2.05, 4.69) is 27.4 Å². The van der Waals surface area contributed by atoms with Gasteiger partial charge in [-0.15, -0.1) is 0 Å². The molecular formula is C28H26N6O2. The summed E-state index contributed by atoms with van der Waals surface area (Å²) in [5, 5.41) is 14.2. The van der Waals surface area contributed by atoms with Crippen LogP contribution in [0.25, 0.3) is 22.4 Å². The Morgan fingerprint density at radius 1 is 1.25 bits per heavy atom. The topological polar surface area (TPSA) is 108 Å². The molecule has 0 saturated carbocycles. The zero-order valence-electron chi connectivity index (χ0n) is 20.3. The predicted octanol–water partition coefficient (Wildman–Crippen LogP) is 4.60. The van der Waals surface area contributed by atoms with Crippen molar-refractivity contribution in [1.29, 1.82) is 5.26 Å². The van der Waals surface area contributed by atoms with E-state index in [1.54, 1.807) is 30.8 Å². The number of aromatic nitrogens is 3. The maximum atomic E-state index is 13.5. The Kier molecular flexibility index (Phi) is 5.22. The van der Waals surface area contributed by atoms with Crippen molar-refractivity contribution in [2.75, 3.05) is 18.4 Å². The minimum atomic E-state index is -0.436. The highest BCUT2D eigenvalue weighted by Gasteiger charge is 2.43. The molecule has 8 heteroatoms. The van der Waals surface area contributed by atoms with Gasteiger partial charge >= 0.3 is 0 Å². The van der Waals surface area contributed by atoms with Gasteiger partial charge in [-0.2, -0.15) is 5.26 Å². The molecule has 0 radical (unpaired) electrons. The van der Waals surface area contributed by atoms with E-state index in [9.17, 15) is 10.1 Å². The smallest absolute Gasteiger partial charge is 0.229 e. The van der Waals surface area contributed by atoms with Crippen molar-refractivity contribution in [3.05, 3.63) is 71.4 Å². The van der Waals surface area contributed by atoms with E-state index in [4.69, 9.17) is 9.40 Å². The number of furan rings is 1. The van der Waals surface area contributed by atoms with Crippen LogP contribution in [0.1, 0.15) is 48.1 Å². The zero-order valence-corrected chi connectivity index (χ0v) is 20.3. The third-order valence-electron chi connectivity index (χ3n) is 7.60. The van der Waals surface area contributed by atoms with Gasteiger partial charge in [0, 0.05) is 36.4 Å². The molecule has 3 aromatic heterocycles. The number of hydrogen-bond acceptors (Lipinski definition) is 7. The number of pyridine rings is 1. The number of likely N-dealkylation sites (tertiary alicyclic amines) is 1. The largest absolute Gasteiger partial charge is 0.464 e. The molecule has 2 aliphatic heterocycles. The first kappa shape index (κ1) is 22.2. The third kappa shape index (κ3) is 3.68. The van der Waals surface area contributed by atoms with Crippen LogP contribution in [-0.4, -0.2) is 44.4 Å². The molecular weight excluding hydrogens is 452 g/mol. The lowest BCUT2D eigenvalue weighted by Crippen LogP contribution is -2.46. The third-order valence-corrected chi connectivity index (χ3v) is 7.60. The van der Waals surface area contributed by atoms with Crippen LogP contribution in [-0.2, 0) is 11.2 Å². The summed E-state index contributed by atoms with van der Waals surface area (Å²) in [6.45, 7) is 5.14. The first-order chi connectivity index (χ1) is 17.5. The average molecular weight is 479 g/mol. The molecule has 0 bridgehead atoms. The first-order valence-corrected chi connectivity index (χ1v) is 12.2. The van der Waals surface area contributed by atoms with Gasteiger partial charge in [0.15, 0.2) is 5.82 Å². The Morgan fingerprint density at radius 2 is 2.08 bits per heavy atom. The van der Waals surface area contributed by atoms with Crippen molar-refractivity contribution < 1.29 is 9.21 Å². The summed E-state index contributed by atoms with van der Waals surface area (Å²) in [7, 11) is 0. The molecule has 1 unspecified atom stereocenters. The van der Waals surface area contributed by atoms with Crippen LogP contribution in [0.5, 0.6) is 0 Å². The summed E-state index contributed by atoms with van der Waals surface area (Å²) in [6, 6.07) is 11.7. The second-order valence-electron chi connectivity index (χ2n) is 9.85. The van der Waals surface area contributed by atoms with E-state index < -0.39 is 5.92 Å². The van der Waals surface area contributed by atoms with Crippen LogP contribution in [0.3, 0.4) is 0 Å². The Balaban J connectivity index is 1.22. The normalized spacial score (nSPS) is 19.6. The SMILES string of the molecule is Cc1nc2c(cc1-c1ncccn1)CC[C@@]1(CCN(C(=O)C(C)c3cc4occc4cc3C#N)C1)N2. The molecule has 2 atom stereocenters. The number of aryl methyl sites for hydroxylation is 2. The molecule has 2 aliphatic rings. The predicted molar refractivity (Wildman–Crippen MR) is 135 cm³/mol. The molecule has 6 rings (SSSR count). The second-order valence-corrected chi connectivity index (χ2v) is 9.85. The zero-order chi connectivity index (χ0) is 24.9. The molecule has 1 N–H and O–H groups in total. The van der Waals surface area contributed by atoms with E-state index in [-0.39, 0.29) is 11.4 Å². The molecule has 1 aromatic carbocycles. The van der Waals surface area contributed by atoms with Crippen molar-refractivity contribution in [2.24, 2.45) is 0 Å². The maximum absolute atomic E-state index is 13.5. The molecule has 0 aliphatic carbocycles. The number of amides is 1. The Labute approximate surface area is 209 Å². The Hall–Kier alpha value is -4.25. The molecule has 180 valence electrons. The number of carbonyl (C=O) groups excluding carboxylic acids is 1. The number of benzene rings is 1. The van der Waals surface area contributed by atoms with E-state index in [0.29, 0.717) is 35.6 Å². The number of anilines is 1. The van der Waals surface area contributed by atoms with Gasteiger partial charge in [0.2, 0.25) is 5.91 Å². The van der Waals surface area contributed by atoms with Gasteiger partial charge in [0.05, 0.1) is 35.0 Å². The van der Waals surface area contributed by atoms with Gasteiger partial charge in [0.25, 0.3) is 0 Å². The fraction of sp³-hybridized carbons (Fsp3) is 0.321. The number of carbonyl (C=O) groups is 1. The minimum absolute atomic E-state index is 0.0302. The summed E-state index contributed by atoms with van der Waals surface area (Å²) in [5.41, 5.74) is 4.69. The van der Waals surface area contributed by atoms with E-state index in [1.165, 1.54) is 0 Å². The molecule has 36 heavy (non-hydrogen) atoms. The van der Waals surface area contributed by atoms with Crippen LogP contribution >= 0.6 is 0 Å². The van der Waals surface area contributed by atoms with Crippen LogP contribution in [0.15, 0.2) is 53.4 Å². The van der Waals surface area contributed by atoms with Gasteiger partial charge < -0.3 is 14.6 Å².